The minimum Gasteiger partial charge on any atom is -0.257 e. The van der Waals surface area contributed by atoms with Gasteiger partial charge < -0.3 is 0 Å². The van der Waals surface area contributed by atoms with Gasteiger partial charge in [-0.1, -0.05) is 37.5 Å². The third-order valence-corrected chi connectivity index (χ3v) is 1.72. The minimum absolute atomic E-state index is 0.847. The molecule has 12 heavy (non-hydrogen) atoms. The lowest BCUT2D eigenvalue weighted by Gasteiger charge is -2.06. The van der Waals surface area contributed by atoms with Gasteiger partial charge in [-0.3, -0.25) is 4.99 Å². The lowest BCUT2D eigenvalue weighted by molar-refractivity contribution is 0.965. The van der Waals surface area contributed by atoms with Crippen LogP contribution < -0.4 is 0 Å². The predicted octanol–water partition coefficient (Wildman–Crippen LogP) is 3.03. The molecule has 1 aliphatic carbocycles. The number of hydrogen-bond donors (Lipinski definition) is 0. The van der Waals surface area contributed by atoms with Crippen molar-refractivity contribution in [3.8, 4) is 0 Å². The van der Waals surface area contributed by atoms with Gasteiger partial charge in [0.05, 0.1) is 5.70 Å². The van der Waals surface area contributed by atoms with Crippen LogP contribution >= 0.6 is 0 Å². The molecule has 1 rings (SSSR count). The third-order valence-electron chi connectivity index (χ3n) is 1.72. The molecule has 1 heteroatoms. The summed E-state index contributed by atoms with van der Waals surface area (Å²) >= 11 is 0. The van der Waals surface area contributed by atoms with Crippen molar-refractivity contribution in [2.45, 2.75) is 12.8 Å². The maximum Gasteiger partial charge on any atom is 0.0589 e. The summed E-state index contributed by atoms with van der Waals surface area (Å²) in [4.78, 5) is 4.13. The summed E-state index contributed by atoms with van der Waals surface area (Å²) in [6.45, 7) is 7.42. The first kappa shape index (κ1) is 8.72. The molecule has 0 bridgehead atoms. The van der Waals surface area contributed by atoms with Gasteiger partial charge in [0.2, 0.25) is 0 Å². The molecule has 0 aliphatic heterocycles. The standard InChI is InChI=1S/C11H13N/c1-3-9-12-10(2)11-7-5-4-6-8-11/h3-5,7,9H,1-2,6,8H2. The van der Waals surface area contributed by atoms with Gasteiger partial charge in [-0.2, -0.15) is 0 Å². The van der Waals surface area contributed by atoms with Crippen LogP contribution in [0.2, 0.25) is 0 Å². The average Bonchev–Trinajstić information content (AvgIpc) is 2.15. The molecule has 0 N–H and O–H groups in total. The Labute approximate surface area is 73.5 Å². The molecular weight excluding hydrogens is 146 g/mol. The Morgan fingerprint density at radius 3 is 3.00 bits per heavy atom. The molecule has 0 heterocycles. The molecule has 0 aromatic carbocycles. The summed E-state index contributed by atoms with van der Waals surface area (Å²) in [5.41, 5.74) is 2.06. The highest BCUT2D eigenvalue weighted by molar-refractivity contribution is 5.71. The van der Waals surface area contributed by atoms with Crippen molar-refractivity contribution in [2.24, 2.45) is 4.99 Å². The highest BCUT2D eigenvalue weighted by atomic mass is 14.7. The van der Waals surface area contributed by atoms with Crippen molar-refractivity contribution in [1.82, 2.24) is 0 Å². The van der Waals surface area contributed by atoms with Gasteiger partial charge in [0.1, 0.15) is 0 Å². The lowest BCUT2D eigenvalue weighted by Crippen LogP contribution is -1.89. The summed E-state index contributed by atoms with van der Waals surface area (Å²) in [7, 11) is 0. The summed E-state index contributed by atoms with van der Waals surface area (Å²) in [5.74, 6) is 0. The van der Waals surface area contributed by atoms with Gasteiger partial charge >= 0.3 is 0 Å². The fourth-order valence-corrected chi connectivity index (χ4v) is 1.07. The number of aliphatic imine (C=N–C) groups is 1. The van der Waals surface area contributed by atoms with Gasteiger partial charge in [0, 0.05) is 6.21 Å². The molecule has 0 saturated heterocycles. The van der Waals surface area contributed by atoms with E-state index in [2.05, 4.69) is 30.3 Å². The van der Waals surface area contributed by atoms with E-state index in [1.54, 1.807) is 12.3 Å². The van der Waals surface area contributed by atoms with Crippen LogP contribution in [0.25, 0.3) is 0 Å². The summed E-state index contributed by atoms with van der Waals surface area (Å²) in [6, 6.07) is 0. The Hall–Kier alpha value is -1.37. The molecule has 0 saturated carbocycles. The van der Waals surface area contributed by atoms with E-state index in [-0.39, 0.29) is 0 Å². The number of nitrogens with zero attached hydrogens (tertiary/aromatic N) is 1. The van der Waals surface area contributed by atoms with Crippen molar-refractivity contribution in [1.29, 1.82) is 0 Å². The molecule has 1 nitrogen and oxygen atoms in total. The molecule has 0 atom stereocenters. The van der Waals surface area contributed by atoms with E-state index < -0.39 is 0 Å². The van der Waals surface area contributed by atoms with Gasteiger partial charge in [0.15, 0.2) is 0 Å². The Bertz CT molecular complexity index is 267. The number of hydrogen-bond acceptors (Lipinski definition) is 1. The van der Waals surface area contributed by atoms with E-state index in [0.29, 0.717) is 0 Å². The summed E-state index contributed by atoms with van der Waals surface area (Å²) in [6.07, 6.45) is 11.7. The van der Waals surface area contributed by atoms with E-state index in [4.69, 9.17) is 0 Å². The van der Waals surface area contributed by atoms with Crippen LogP contribution in [0.1, 0.15) is 12.8 Å². The molecule has 0 unspecified atom stereocenters. The molecular formula is C11H13N. The first-order valence-electron chi connectivity index (χ1n) is 4.04. The average molecular weight is 159 g/mol. The summed E-state index contributed by atoms with van der Waals surface area (Å²) in [5, 5.41) is 0. The number of allylic oxidation sites excluding steroid dienone is 5. The van der Waals surface area contributed by atoms with Crippen LogP contribution in [-0.2, 0) is 0 Å². The second-order valence-electron chi connectivity index (χ2n) is 2.62. The van der Waals surface area contributed by atoms with Crippen molar-refractivity contribution in [2.75, 3.05) is 0 Å². The van der Waals surface area contributed by atoms with E-state index in [1.165, 1.54) is 5.57 Å². The molecule has 0 radical (unpaired) electrons. The van der Waals surface area contributed by atoms with Crippen LogP contribution in [0.4, 0.5) is 0 Å². The zero-order valence-electron chi connectivity index (χ0n) is 7.16. The van der Waals surface area contributed by atoms with Crippen molar-refractivity contribution >= 4 is 6.21 Å². The second kappa shape index (κ2) is 4.50. The quantitative estimate of drug-likeness (QED) is 0.561. The smallest absolute Gasteiger partial charge is 0.0589 e. The SMILES string of the molecule is C=CC=NC(=C)C1=CC=CCC1. The van der Waals surface area contributed by atoms with Crippen LogP contribution in [0.3, 0.4) is 0 Å². The Morgan fingerprint density at radius 2 is 2.42 bits per heavy atom. The van der Waals surface area contributed by atoms with Gasteiger partial charge in [0.25, 0.3) is 0 Å². The molecule has 1 aliphatic rings. The maximum absolute atomic E-state index is 4.13. The predicted molar refractivity (Wildman–Crippen MR) is 54.3 cm³/mol. The minimum atomic E-state index is 0.847. The molecule has 0 fully saturated rings. The highest BCUT2D eigenvalue weighted by Gasteiger charge is 2.01. The largest absolute Gasteiger partial charge is 0.257 e. The van der Waals surface area contributed by atoms with E-state index >= 15 is 0 Å². The maximum atomic E-state index is 4.13. The fraction of sp³-hybridized carbons (Fsp3) is 0.182. The van der Waals surface area contributed by atoms with E-state index in [0.717, 1.165) is 18.5 Å². The van der Waals surface area contributed by atoms with Crippen molar-refractivity contribution in [3.05, 3.63) is 48.7 Å². The van der Waals surface area contributed by atoms with Gasteiger partial charge in [-0.25, -0.2) is 0 Å². The monoisotopic (exact) mass is 159 g/mol. The first-order chi connectivity index (χ1) is 5.84. The van der Waals surface area contributed by atoms with Crippen LogP contribution in [0, 0.1) is 0 Å². The topological polar surface area (TPSA) is 12.4 Å². The Kier molecular flexibility index (Phi) is 3.27. The van der Waals surface area contributed by atoms with Crippen LogP contribution in [-0.4, -0.2) is 6.21 Å². The summed E-state index contributed by atoms with van der Waals surface area (Å²) < 4.78 is 0. The zero-order chi connectivity index (χ0) is 8.81. The molecule has 62 valence electrons. The molecule has 0 aromatic heterocycles. The van der Waals surface area contributed by atoms with Crippen LogP contribution in [0.15, 0.2) is 53.7 Å². The molecule has 0 spiro atoms. The second-order valence-corrected chi connectivity index (χ2v) is 2.62. The Morgan fingerprint density at radius 1 is 1.58 bits per heavy atom. The normalized spacial score (nSPS) is 16.2. The van der Waals surface area contributed by atoms with Gasteiger partial charge in [-0.15, -0.1) is 0 Å². The fourth-order valence-electron chi connectivity index (χ4n) is 1.07. The van der Waals surface area contributed by atoms with E-state index in [1.807, 2.05) is 6.08 Å². The van der Waals surface area contributed by atoms with Crippen molar-refractivity contribution < 1.29 is 0 Å². The first-order valence-corrected chi connectivity index (χ1v) is 4.04. The number of rotatable bonds is 3. The van der Waals surface area contributed by atoms with Gasteiger partial charge in [-0.05, 0) is 18.4 Å². The Balaban J connectivity index is 2.63. The van der Waals surface area contributed by atoms with E-state index in [9.17, 15) is 0 Å². The molecule has 0 aromatic rings. The highest BCUT2D eigenvalue weighted by Crippen LogP contribution is 2.19. The van der Waals surface area contributed by atoms with Crippen molar-refractivity contribution in [3.63, 3.8) is 0 Å². The third kappa shape index (κ3) is 2.35. The lowest BCUT2D eigenvalue weighted by atomic mass is 10.0. The zero-order valence-corrected chi connectivity index (χ0v) is 7.16. The molecule has 0 amide bonds. The van der Waals surface area contributed by atoms with Crippen LogP contribution in [0.5, 0.6) is 0 Å².